The number of hydrogen-bond acceptors (Lipinski definition) is 6. The lowest BCUT2D eigenvalue weighted by Crippen LogP contribution is -2.56. The largest absolute Gasteiger partial charge is 0.488 e. The predicted octanol–water partition coefficient (Wildman–Crippen LogP) is 2.92. The van der Waals surface area contributed by atoms with Crippen molar-refractivity contribution in [3.05, 3.63) is 65.7 Å². The van der Waals surface area contributed by atoms with Crippen LogP contribution in [0.1, 0.15) is 64.0 Å². The molecule has 232 valence electrons. The molecule has 2 aromatic carbocycles. The molecule has 10 heteroatoms. The quantitative estimate of drug-likeness (QED) is 0.364. The highest BCUT2D eigenvalue weighted by molar-refractivity contribution is 5.94. The molecule has 4 N–H and O–H groups in total. The second-order valence-electron chi connectivity index (χ2n) is 12.5. The third-order valence-corrected chi connectivity index (χ3v) is 7.87. The first kappa shape index (κ1) is 32.0. The highest BCUT2D eigenvalue weighted by atomic mass is 16.5. The molecule has 10 nitrogen and oxygen atoms in total. The van der Waals surface area contributed by atoms with Crippen molar-refractivity contribution >= 4 is 23.7 Å². The minimum absolute atomic E-state index is 0.226. The second kappa shape index (κ2) is 14.0. The fourth-order valence-electron chi connectivity index (χ4n) is 5.96. The number of rotatable bonds is 11. The van der Waals surface area contributed by atoms with Crippen LogP contribution in [0.2, 0.25) is 0 Å². The molecular formula is C33H44N4O6. The maximum Gasteiger partial charge on any atom is 0.305 e. The minimum atomic E-state index is -1.01. The van der Waals surface area contributed by atoms with Gasteiger partial charge in [-0.3, -0.25) is 19.2 Å². The molecule has 0 bridgehead atoms. The SMILES string of the molecule is CC(C)(C)Oc1ccc(CC(N)C(=O)N2CCCC2C(=O)N2CCCC2C(=O)NC(CC(=O)O)Cc2ccccc2)cc1. The number of aliphatic carboxylic acids is 1. The lowest BCUT2D eigenvalue weighted by atomic mass is 10.0. The van der Waals surface area contributed by atoms with Crippen LogP contribution in [0.5, 0.6) is 5.75 Å². The van der Waals surface area contributed by atoms with Crippen molar-refractivity contribution < 1.29 is 29.0 Å². The van der Waals surface area contributed by atoms with E-state index >= 15 is 0 Å². The number of hydrogen-bond donors (Lipinski definition) is 3. The molecule has 2 aliphatic heterocycles. The summed E-state index contributed by atoms with van der Waals surface area (Å²) in [6.45, 7) is 6.77. The number of amides is 3. The molecule has 2 aliphatic rings. The fraction of sp³-hybridized carbons (Fsp3) is 0.515. The van der Waals surface area contributed by atoms with E-state index in [1.165, 1.54) is 0 Å². The van der Waals surface area contributed by atoms with Crippen LogP contribution < -0.4 is 15.8 Å². The van der Waals surface area contributed by atoms with Crippen molar-refractivity contribution in [2.45, 2.75) is 95.5 Å². The average Bonchev–Trinajstić information content (AvgIpc) is 3.63. The van der Waals surface area contributed by atoms with Crippen LogP contribution in [0.3, 0.4) is 0 Å². The van der Waals surface area contributed by atoms with Gasteiger partial charge in [0, 0.05) is 19.1 Å². The van der Waals surface area contributed by atoms with Gasteiger partial charge in [0.2, 0.25) is 17.7 Å². The second-order valence-corrected chi connectivity index (χ2v) is 12.5. The molecule has 3 amide bonds. The Morgan fingerprint density at radius 1 is 0.907 bits per heavy atom. The molecule has 4 rings (SSSR count). The van der Waals surface area contributed by atoms with Gasteiger partial charge in [0.25, 0.3) is 0 Å². The van der Waals surface area contributed by atoms with Gasteiger partial charge < -0.3 is 30.7 Å². The van der Waals surface area contributed by atoms with E-state index < -0.39 is 30.1 Å². The van der Waals surface area contributed by atoms with Crippen LogP contribution >= 0.6 is 0 Å². The third-order valence-electron chi connectivity index (χ3n) is 7.87. The maximum absolute atomic E-state index is 13.8. The zero-order chi connectivity index (χ0) is 31.1. The molecule has 0 aromatic heterocycles. The summed E-state index contributed by atoms with van der Waals surface area (Å²) >= 11 is 0. The van der Waals surface area contributed by atoms with Crippen molar-refractivity contribution in [3.63, 3.8) is 0 Å². The van der Waals surface area contributed by atoms with Crippen LogP contribution in [0.15, 0.2) is 54.6 Å². The summed E-state index contributed by atoms with van der Waals surface area (Å²) in [5.41, 5.74) is 7.85. The number of nitrogens with zero attached hydrogens (tertiary/aromatic N) is 2. The fourth-order valence-corrected chi connectivity index (χ4v) is 5.96. The summed E-state index contributed by atoms with van der Waals surface area (Å²) in [6.07, 6.45) is 2.80. The summed E-state index contributed by atoms with van der Waals surface area (Å²) in [6, 6.07) is 14.1. The highest BCUT2D eigenvalue weighted by Gasteiger charge is 2.43. The Hall–Kier alpha value is -3.92. The van der Waals surface area contributed by atoms with Gasteiger partial charge in [-0.25, -0.2) is 0 Å². The first-order valence-electron chi connectivity index (χ1n) is 15.1. The van der Waals surface area contributed by atoms with E-state index in [-0.39, 0.29) is 29.7 Å². The van der Waals surface area contributed by atoms with Crippen molar-refractivity contribution in [1.29, 1.82) is 0 Å². The summed E-state index contributed by atoms with van der Waals surface area (Å²) < 4.78 is 5.87. The molecule has 2 saturated heterocycles. The lowest BCUT2D eigenvalue weighted by Gasteiger charge is -2.32. The summed E-state index contributed by atoms with van der Waals surface area (Å²) in [5.74, 6) is -1.17. The molecule has 2 heterocycles. The number of nitrogens with one attached hydrogen (secondary N) is 1. The third kappa shape index (κ3) is 8.79. The topological polar surface area (TPSA) is 142 Å². The molecule has 4 atom stereocenters. The summed E-state index contributed by atoms with van der Waals surface area (Å²) in [7, 11) is 0. The Bertz CT molecular complexity index is 1280. The number of ether oxygens (including phenoxy) is 1. The van der Waals surface area contributed by atoms with Gasteiger partial charge in [0.05, 0.1) is 12.5 Å². The molecule has 0 radical (unpaired) electrons. The number of carboxylic acids is 1. The lowest BCUT2D eigenvalue weighted by molar-refractivity contribution is -0.147. The maximum atomic E-state index is 13.8. The first-order valence-corrected chi connectivity index (χ1v) is 15.1. The first-order chi connectivity index (χ1) is 20.4. The van der Waals surface area contributed by atoms with Gasteiger partial charge in [0.1, 0.15) is 23.4 Å². The van der Waals surface area contributed by atoms with Crippen molar-refractivity contribution in [3.8, 4) is 5.75 Å². The molecule has 0 aliphatic carbocycles. The molecule has 0 spiro atoms. The standard InChI is InChI=1S/C33H44N4O6/c1-33(2,3)43-25-15-13-23(14-16-25)20-26(34)31(41)37-18-8-12-28(37)32(42)36-17-7-11-27(36)30(40)35-24(21-29(38)39)19-22-9-5-4-6-10-22/h4-6,9-10,13-16,24,26-28H,7-8,11-12,17-21,34H2,1-3H3,(H,35,40)(H,38,39). The van der Waals surface area contributed by atoms with Gasteiger partial charge in [-0.15, -0.1) is 0 Å². The number of carboxylic acid groups (broad SMARTS) is 1. The van der Waals surface area contributed by atoms with Gasteiger partial charge in [-0.1, -0.05) is 42.5 Å². The number of carbonyl (C=O) groups is 4. The monoisotopic (exact) mass is 592 g/mol. The Morgan fingerprint density at radius 2 is 1.51 bits per heavy atom. The number of nitrogens with two attached hydrogens (primary N) is 1. The molecule has 0 saturated carbocycles. The Kier molecular flexibility index (Phi) is 10.4. The van der Waals surface area contributed by atoms with Gasteiger partial charge in [-0.2, -0.15) is 0 Å². The normalized spacial score (nSPS) is 20.0. The van der Waals surface area contributed by atoms with E-state index in [2.05, 4.69) is 5.32 Å². The Balaban J connectivity index is 1.38. The number of carbonyl (C=O) groups excluding carboxylic acids is 3. The molecule has 43 heavy (non-hydrogen) atoms. The molecule has 2 aromatic rings. The van der Waals surface area contributed by atoms with E-state index in [0.717, 1.165) is 16.9 Å². The van der Waals surface area contributed by atoms with Gasteiger partial charge >= 0.3 is 5.97 Å². The predicted molar refractivity (Wildman–Crippen MR) is 162 cm³/mol. The average molecular weight is 593 g/mol. The molecule has 4 unspecified atom stereocenters. The number of benzene rings is 2. The van der Waals surface area contributed by atoms with Crippen LogP contribution in [0.25, 0.3) is 0 Å². The van der Waals surface area contributed by atoms with Crippen LogP contribution in [-0.2, 0) is 32.0 Å². The summed E-state index contributed by atoms with van der Waals surface area (Å²) in [4.78, 5) is 55.2. The van der Waals surface area contributed by atoms with E-state index in [9.17, 15) is 24.3 Å². The smallest absolute Gasteiger partial charge is 0.305 e. The van der Waals surface area contributed by atoms with Crippen LogP contribution in [-0.4, -0.2) is 81.5 Å². The zero-order valence-electron chi connectivity index (χ0n) is 25.3. The van der Waals surface area contributed by atoms with E-state index in [0.29, 0.717) is 51.6 Å². The minimum Gasteiger partial charge on any atom is -0.488 e. The Labute approximate surface area is 253 Å². The van der Waals surface area contributed by atoms with Gasteiger partial charge in [-0.05, 0) is 82.6 Å². The number of likely N-dealkylation sites (tertiary alicyclic amines) is 2. The molecular weight excluding hydrogens is 548 g/mol. The highest BCUT2D eigenvalue weighted by Crippen LogP contribution is 2.26. The zero-order valence-corrected chi connectivity index (χ0v) is 25.3. The van der Waals surface area contributed by atoms with E-state index in [4.69, 9.17) is 10.5 Å². The molecule has 2 fully saturated rings. The van der Waals surface area contributed by atoms with Crippen molar-refractivity contribution in [2.75, 3.05) is 13.1 Å². The van der Waals surface area contributed by atoms with Crippen LogP contribution in [0, 0.1) is 0 Å². The Morgan fingerprint density at radius 3 is 2.14 bits per heavy atom. The van der Waals surface area contributed by atoms with E-state index in [1.54, 1.807) is 9.80 Å². The van der Waals surface area contributed by atoms with Crippen molar-refractivity contribution in [2.24, 2.45) is 5.73 Å². The van der Waals surface area contributed by atoms with Crippen LogP contribution in [0.4, 0.5) is 0 Å². The van der Waals surface area contributed by atoms with Gasteiger partial charge in [0.15, 0.2) is 0 Å². The summed E-state index contributed by atoms with van der Waals surface area (Å²) in [5, 5.41) is 12.3. The van der Waals surface area contributed by atoms with E-state index in [1.807, 2.05) is 75.4 Å². The van der Waals surface area contributed by atoms with Crippen molar-refractivity contribution in [1.82, 2.24) is 15.1 Å².